The topological polar surface area (TPSA) is 57.4 Å². The van der Waals surface area contributed by atoms with Crippen LogP contribution in [-0.4, -0.2) is 18.2 Å². The molecule has 0 radical (unpaired) electrons. The molecule has 0 saturated carbocycles. The fourth-order valence-corrected chi connectivity index (χ4v) is 2.77. The number of pyridine rings is 1. The predicted octanol–water partition coefficient (Wildman–Crippen LogP) is 2.73. The Kier molecular flexibility index (Phi) is 3.46. The lowest BCUT2D eigenvalue weighted by molar-refractivity contribution is 0.171. The third kappa shape index (κ3) is 2.76. The van der Waals surface area contributed by atoms with Gasteiger partial charge in [0.05, 0.1) is 0 Å². The monoisotopic (exact) mass is 274 g/mol. The molecule has 1 aromatic heterocycles. The second-order valence-corrected chi connectivity index (χ2v) is 5.19. The first-order chi connectivity index (χ1) is 9.33. The summed E-state index contributed by atoms with van der Waals surface area (Å²) < 4.78 is 11.1. The lowest BCUT2D eigenvalue weighted by atomic mass is 10.3. The number of nitrogens with two attached hydrogens (primary N) is 1. The summed E-state index contributed by atoms with van der Waals surface area (Å²) in [6.45, 7) is 1.22. The Morgan fingerprint density at radius 1 is 1.16 bits per heavy atom. The molecule has 19 heavy (non-hydrogen) atoms. The Labute approximate surface area is 115 Å². The van der Waals surface area contributed by atoms with E-state index in [1.807, 2.05) is 30.3 Å². The molecule has 2 N–H and O–H groups in total. The fourth-order valence-electron chi connectivity index (χ4n) is 1.85. The molecular formula is C14H14N2O2S. The van der Waals surface area contributed by atoms with Gasteiger partial charge in [-0.15, -0.1) is 11.8 Å². The van der Waals surface area contributed by atoms with Crippen molar-refractivity contribution in [1.82, 2.24) is 4.98 Å². The van der Waals surface area contributed by atoms with Gasteiger partial charge in [-0.25, -0.2) is 4.98 Å². The molecule has 0 bridgehead atoms. The van der Waals surface area contributed by atoms with E-state index in [4.69, 9.17) is 15.2 Å². The highest BCUT2D eigenvalue weighted by Crippen LogP contribution is 2.35. The van der Waals surface area contributed by atoms with Crippen LogP contribution < -0.4 is 15.2 Å². The molecule has 4 nitrogen and oxygen atoms in total. The zero-order valence-electron chi connectivity index (χ0n) is 10.3. The van der Waals surface area contributed by atoms with Crippen molar-refractivity contribution in [3.63, 3.8) is 0 Å². The largest absolute Gasteiger partial charge is 0.486 e. The summed E-state index contributed by atoms with van der Waals surface area (Å²) >= 11 is 1.70. The van der Waals surface area contributed by atoms with Crippen molar-refractivity contribution in [2.75, 3.05) is 18.9 Å². The van der Waals surface area contributed by atoms with Gasteiger partial charge in [-0.1, -0.05) is 6.07 Å². The van der Waals surface area contributed by atoms with Gasteiger partial charge in [0, 0.05) is 22.4 Å². The molecule has 0 atom stereocenters. The summed E-state index contributed by atoms with van der Waals surface area (Å²) in [5, 5.41) is 0. The minimum atomic E-state index is 0.590. The first-order valence-corrected chi connectivity index (χ1v) is 7.03. The number of benzene rings is 1. The van der Waals surface area contributed by atoms with Crippen LogP contribution in [0.4, 0.5) is 5.82 Å². The van der Waals surface area contributed by atoms with Crippen molar-refractivity contribution in [2.45, 2.75) is 10.6 Å². The van der Waals surface area contributed by atoms with Crippen LogP contribution in [0.15, 0.2) is 41.4 Å². The van der Waals surface area contributed by atoms with E-state index in [0.29, 0.717) is 19.0 Å². The molecule has 98 valence electrons. The van der Waals surface area contributed by atoms with Crippen LogP contribution in [0.2, 0.25) is 0 Å². The van der Waals surface area contributed by atoms with Crippen molar-refractivity contribution >= 4 is 17.6 Å². The molecule has 1 aromatic carbocycles. The highest BCUT2D eigenvalue weighted by Gasteiger charge is 2.12. The Morgan fingerprint density at radius 2 is 2.00 bits per heavy atom. The van der Waals surface area contributed by atoms with Crippen LogP contribution in [0.5, 0.6) is 11.5 Å². The molecule has 3 rings (SSSR count). The maximum absolute atomic E-state index is 5.83. The second-order valence-electron chi connectivity index (χ2n) is 4.14. The highest BCUT2D eigenvalue weighted by atomic mass is 32.2. The lowest BCUT2D eigenvalue weighted by Gasteiger charge is -2.18. The predicted molar refractivity (Wildman–Crippen MR) is 75.6 cm³/mol. The Morgan fingerprint density at radius 3 is 2.84 bits per heavy atom. The van der Waals surface area contributed by atoms with Crippen LogP contribution in [0, 0.1) is 0 Å². The van der Waals surface area contributed by atoms with Crippen molar-refractivity contribution in [1.29, 1.82) is 0 Å². The summed E-state index contributed by atoms with van der Waals surface area (Å²) in [4.78, 5) is 5.21. The molecule has 1 aliphatic heterocycles. The first-order valence-electron chi connectivity index (χ1n) is 6.05. The van der Waals surface area contributed by atoms with Gasteiger partial charge in [0.15, 0.2) is 11.5 Å². The number of hydrogen-bond donors (Lipinski definition) is 1. The average molecular weight is 274 g/mol. The van der Waals surface area contributed by atoms with Gasteiger partial charge in [0.25, 0.3) is 0 Å². The third-order valence-corrected chi connectivity index (χ3v) is 3.88. The van der Waals surface area contributed by atoms with E-state index < -0.39 is 0 Å². The van der Waals surface area contributed by atoms with Gasteiger partial charge in [0.1, 0.15) is 19.0 Å². The van der Waals surface area contributed by atoms with E-state index in [0.717, 1.165) is 27.7 Å². The van der Waals surface area contributed by atoms with E-state index in [9.17, 15) is 0 Å². The number of fused-ring (bicyclic) bond motifs is 1. The van der Waals surface area contributed by atoms with E-state index in [1.165, 1.54) is 0 Å². The molecule has 2 aromatic rings. The molecule has 2 heterocycles. The van der Waals surface area contributed by atoms with Crippen LogP contribution in [0.1, 0.15) is 5.56 Å². The van der Waals surface area contributed by atoms with Crippen LogP contribution in [0.25, 0.3) is 0 Å². The lowest BCUT2D eigenvalue weighted by Crippen LogP contribution is -2.15. The zero-order valence-corrected chi connectivity index (χ0v) is 11.2. The van der Waals surface area contributed by atoms with Gasteiger partial charge in [-0.3, -0.25) is 0 Å². The minimum Gasteiger partial charge on any atom is -0.486 e. The van der Waals surface area contributed by atoms with Gasteiger partial charge in [0.2, 0.25) is 0 Å². The van der Waals surface area contributed by atoms with E-state index in [-0.39, 0.29) is 0 Å². The summed E-state index contributed by atoms with van der Waals surface area (Å²) in [6, 6.07) is 9.88. The number of ether oxygens (including phenoxy) is 2. The van der Waals surface area contributed by atoms with E-state index in [2.05, 4.69) is 4.98 Å². The molecule has 0 unspecified atom stereocenters. The Bertz CT molecular complexity index is 589. The molecular weight excluding hydrogens is 260 g/mol. The van der Waals surface area contributed by atoms with Crippen LogP contribution >= 0.6 is 11.8 Å². The zero-order chi connectivity index (χ0) is 13.1. The number of nitrogen functional groups attached to an aromatic ring is 1. The Balaban J connectivity index is 1.72. The number of nitrogens with zero attached hydrogens (tertiary/aromatic N) is 1. The SMILES string of the molecule is Nc1ncccc1CSc1ccc2c(c1)OCCO2. The summed E-state index contributed by atoms with van der Waals surface area (Å²) in [7, 11) is 0. The average Bonchev–Trinajstić information content (AvgIpc) is 2.46. The highest BCUT2D eigenvalue weighted by molar-refractivity contribution is 7.98. The third-order valence-electron chi connectivity index (χ3n) is 2.83. The number of anilines is 1. The van der Waals surface area contributed by atoms with Crippen molar-refractivity contribution in [3.05, 3.63) is 42.1 Å². The first kappa shape index (κ1) is 12.2. The summed E-state index contributed by atoms with van der Waals surface area (Å²) in [6.07, 6.45) is 1.70. The van der Waals surface area contributed by atoms with Gasteiger partial charge >= 0.3 is 0 Å². The summed E-state index contributed by atoms with van der Waals surface area (Å²) in [5.41, 5.74) is 6.87. The molecule has 1 aliphatic rings. The van der Waals surface area contributed by atoms with Crippen LogP contribution in [-0.2, 0) is 5.75 Å². The van der Waals surface area contributed by atoms with Crippen molar-refractivity contribution < 1.29 is 9.47 Å². The van der Waals surface area contributed by atoms with E-state index >= 15 is 0 Å². The maximum atomic E-state index is 5.83. The van der Waals surface area contributed by atoms with Crippen molar-refractivity contribution in [3.8, 4) is 11.5 Å². The van der Waals surface area contributed by atoms with Gasteiger partial charge in [-0.05, 0) is 24.3 Å². The number of aromatic nitrogens is 1. The summed E-state index contributed by atoms with van der Waals surface area (Å²) in [5.74, 6) is 3.01. The smallest absolute Gasteiger partial charge is 0.162 e. The number of rotatable bonds is 3. The van der Waals surface area contributed by atoms with Crippen molar-refractivity contribution in [2.24, 2.45) is 0 Å². The normalized spacial score (nSPS) is 13.3. The van der Waals surface area contributed by atoms with E-state index in [1.54, 1.807) is 18.0 Å². The van der Waals surface area contributed by atoms with Gasteiger partial charge < -0.3 is 15.2 Å². The molecule has 0 fully saturated rings. The minimum absolute atomic E-state index is 0.590. The maximum Gasteiger partial charge on any atom is 0.162 e. The second kappa shape index (κ2) is 5.40. The quantitative estimate of drug-likeness (QED) is 0.872. The number of thioether (sulfide) groups is 1. The number of hydrogen-bond acceptors (Lipinski definition) is 5. The fraction of sp³-hybridized carbons (Fsp3) is 0.214. The Hall–Kier alpha value is -1.88. The standard InChI is InChI=1S/C14H14N2O2S/c15-14-10(2-1-5-16-14)9-19-11-3-4-12-13(8-11)18-7-6-17-12/h1-5,8H,6-7,9H2,(H2,15,16). The van der Waals surface area contributed by atoms with Gasteiger partial charge in [-0.2, -0.15) is 0 Å². The molecule has 0 amide bonds. The molecule has 0 aliphatic carbocycles. The molecule has 5 heteroatoms. The molecule has 0 saturated heterocycles. The molecule has 0 spiro atoms. The van der Waals surface area contributed by atoms with Crippen LogP contribution in [0.3, 0.4) is 0 Å².